The van der Waals surface area contributed by atoms with E-state index in [9.17, 15) is 4.39 Å². The zero-order valence-corrected chi connectivity index (χ0v) is 13.1. The molecule has 0 saturated heterocycles. The molecule has 0 radical (unpaired) electrons. The van der Waals surface area contributed by atoms with Crippen LogP contribution in [0, 0.1) is 11.2 Å². The monoisotopic (exact) mass is 295 g/mol. The molecule has 0 bridgehead atoms. The van der Waals surface area contributed by atoms with Gasteiger partial charge in [-0.2, -0.15) is 0 Å². The average molecular weight is 295 g/mol. The summed E-state index contributed by atoms with van der Waals surface area (Å²) < 4.78 is 13.1. The van der Waals surface area contributed by atoms with E-state index in [0.29, 0.717) is 0 Å². The molecule has 21 heavy (non-hydrogen) atoms. The zero-order valence-electron chi connectivity index (χ0n) is 13.1. The third-order valence-electron chi connectivity index (χ3n) is 3.83. The number of hydrogen-bond donors (Lipinski definition) is 3. The van der Waals surface area contributed by atoms with Gasteiger partial charge in [0.25, 0.3) is 0 Å². The van der Waals surface area contributed by atoms with E-state index in [4.69, 9.17) is 10.9 Å². The van der Waals surface area contributed by atoms with Crippen LogP contribution in [0.3, 0.4) is 0 Å². The van der Waals surface area contributed by atoms with Gasteiger partial charge in [0.05, 0.1) is 0 Å². The van der Waals surface area contributed by atoms with Gasteiger partial charge in [-0.15, -0.1) is 0 Å². The van der Waals surface area contributed by atoms with E-state index in [-0.39, 0.29) is 23.1 Å². The van der Waals surface area contributed by atoms with Crippen molar-refractivity contribution in [1.82, 2.24) is 5.32 Å². The number of rotatable bonds is 8. The van der Waals surface area contributed by atoms with Crippen LogP contribution in [-0.2, 0) is 0 Å². The maximum atomic E-state index is 13.1. The number of oxime groups is 1. The van der Waals surface area contributed by atoms with Crippen LogP contribution in [0.1, 0.15) is 51.6 Å². The molecule has 4 N–H and O–H groups in total. The van der Waals surface area contributed by atoms with Crippen molar-refractivity contribution in [1.29, 1.82) is 0 Å². The number of nitrogens with zero attached hydrogens (tertiary/aromatic N) is 1. The second-order valence-corrected chi connectivity index (χ2v) is 6.06. The average Bonchev–Trinajstić information content (AvgIpc) is 2.45. The van der Waals surface area contributed by atoms with Gasteiger partial charge in [-0.3, -0.25) is 0 Å². The molecule has 0 heterocycles. The Kier molecular flexibility index (Phi) is 6.62. The Morgan fingerprint density at radius 1 is 1.43 bits per heavy atom. The van der Waals surface area contributed by atoms with Gasteiger partial charge in [-0.05, 0) is 44.0 Å². The zero-order chi connectivity index (χ0) is 15.9. The first kappa shape index (κ1) is 17.4. The molecule has 0 aliphatic carbocycles. The lowest BCUT2D eigenvalue weighted by molar-refractivity contribution is 0.304. The van der Waals surface area contributed by atoms with Crippen molar-refractivity contribution < 1.29 is 9.60 Å². The highest BCUT2D eigenvalue weighted by Crippen LogP contribution is 2.23. The summed E-state index contributed by atoms with van der Waals surface area (Å²) in [5.41, 5.74) is 6.31. The van der Waals surface area contributed by atoms with Crippen LogP contribution in [0.2, 0.25) is 0 Å². The number of amidine groups is 1. The highest BCUT2D eigenvalue weighted by Gasteiger charge is 2.22. The molecule has 1 aromatic carbocycles. The fourth-order valence-corrected chi connectivity index (χ4v) is 2.17. The standard InChI is InChI=1S/C16H26FN3O/c1-12(13-7-6-8-14(17)11-13)19-10-5-4-9-16(2,3)15(18)20-21/h6-8,11-12,19,21H,4-5,9-10H2,1-3H3,(H2,18,20)/t12-/m1/s1. The third kappa shape index (κ3) is 5.71. The maximum Gasteiger partial charge on any atom is 0.144 e. The Morgan fingerprint density at radius 2 is 2.14 bits per heavy atom. The van der Waals surface area contributed by atoms with Crippen molar-refractivity contribution >= 4 is 5.84 Å². The van der Waals surface area contributed by atoms with Crippen molar-refractivity contribution in [2.24, 2.45) is 16.3 Å². The molecular weight excluding hydrogens is 269 g/mol. The van der Waals surface area contributed by atoms with Gasteiger partial charge in [0, 0.05) is 11.5 Å². The van der Waals surface area contributed by atoms with Crippen molar-refractivity contribution in [2.75, 3.05) is 6.54 Å². The smallest absolute Gasteiger partial charge is 0.144 e. The van der Waals surface area contributed by atoms with Crippen LogP contribution in [0.5, 0.6) is 0 Å². The summed E-state index contributed by atoms with van der Waals surface area (Å²) in [5, 5.41) is 15.2. The van der Waals surface area contributed by atoms with Gasteiger partial charge in [0.15, 0.2) is 0 Å². The summed E-state index contributed by atoms with van der Waals surface area (Å²) in [4.78, 5) is 0. The molecule has 0 amide bonds. The fraction of sp³-hybridized carbons (Fsp3) is 0.562. The minimum Gasteiger partial charge on any atom is -0.409 e. The van der Waals surface area contributed by atoms with Crippen molar-refractivity contribution in [2.45, 2.75) is 46.1 Å². The normalized spacial score (nSPS) is 14.2. The van der Waals surface area contributed by atoms with Gasteiger partial charge in [-0.25, -0.2) is 4.39 Å². The van der Waals surface area contributed by atoms with E-state index >= 15 is 0 Å². The van der Waals surface area contributed by atoms with Crippen molar-refractivity contribution in [3.8, 4) is 0 Å². The van der Waals surface area contributed by atoms with E-state index in [1.165, 1.54) is 6.07 Å². The van der Waals surface area contributed by atoms with Gasteiger partial charge in [0.2, 0.25) is 0 Å². The predicted molar refractivity (Wildman–Crippen MR) is 83.9 cm³/mol. The molecule has 0 aromatic heterocycles. The van der Waals surface area contributed by atoms with Crippen molar-refractivity contribution in [3.05, 3.63) is 35.6 Å². The van der Waals surface area contributed by atoms with E-state index in [1.807, 2.05) is 26.8 Å². The highest BCUT2D eigenvalue weighted by molar-refractivity contribution is 5.85. The first-order valence-corrected chi connectivity index (χ1v) is 7.33. The molecule has 0 spiro atoms. The molecule has 0 aliphatic heterocycles. The molecule has 5 heteroatoms. The molecule has 118 valence electrons. The number of halogens is 1. The maximum absolute atomic E-state index is 13.1. The van der Waals surface area contributed by atoms with Gasteiger partial charge in [0.1, 0.15) is 11.7 Å². The number of unbranched alkanes of at least 4 members (excludes halogenated alkanes) is 1. The Balaban J connectivity index is 2.29. The van der Waals surface area contributed by atoms with Crippen LogP contribution in [0.25, 0.3) is 0 Å². The fourth-order valence-electron chi connectivity index (χ4n) is 2.17. The Bertz CT molecular complexity index is 474. The van der Waals surface area contributed by atoms with Gasteiger partial charge < -0.3 is 16.3 Å². The van der Waals surface area contributed by atoms with Crippen LogP contribution in [0.4, 0.5) is 4.39 Å². The second kappa shape index (κ2) is 7.98. The lowest BCUT2D eigenvalue weighted by atomic mass is 9.86. The number of benzene rings is 1. The summed E-state index contributed by atoms with van der Waals surface area (Å²) in [6.07, 6.45) is 2.83. The topological polar surface area (TPSA) is 70.6 Å². The molecule has 4 nitrogen and oxygen atoms in total. The van der Waals surface area contributed by atoms with Gasteiger partial charge >= 0.3 is 0 Å². The quantitative estimate of drug-likeness (QED) is 0.226. The van der Waals surface area contributed by atoms with Crippen LogP contribution in [-0.4, -0.2) is 17.6 Å². The van der Waals surface area contributed by atoms with Crippen LogP contribution in [0.15, 0.2) is 29.4 Å². The lowest BCUT2D eigenvalue weighted by Crippen LogP contribution is -2.32. The third-order valence-corrected chi connectivity index (χ3v) is 3.83. The Labute approximate surface area is 126 Å². The molecule has 0 unspecified atom stereocenters. The molecule has 0 aliphatic rings. The summed E-state index contributed by atoms with van der Waals surface area (Å²) in [5.74, 6) is 0.0604. The molecule has 1 atom stereocenters. The van der Waals surface area contributed by atoms with Crippen molar-refractivity contribution in [3.63, 3.8) is 0 Å². The van der Waals surface area contributed by atoms with Crippen LogP contribution < -0.4 is 11.1 Å². The van der Waals surface area contributed by atoms with Gasteiger partial charge in [-0.1, -0.05) is 37.6 Å². The van der Waals surface area contributed by atoms with Crippen LogP contribution >= 0.6 is 0 Å². The lowest BCUT2D eigenvalue weighted by Gasteiger charge is -2.22. The SMILES string of the molecule is C[C@@H](NCCCCC(C)(C)/C(N)=N/O)c1cccc(F)c1. The Morgan fingerprint density at radius 3 is 2.76 bits per heavy atom. The number of hydrogen-bond acceptors (Lipinski definition) is 3. The van der Waals surface area contributed by atoms with E-state index in [2.05, 4.69) is 10.5 Å². The summed E-state index contributed by atoms with van der Waals surface area (Å²) >= 11 is 0. The number of nitrogens with two attached hydrogens (primary N) is 1. The summed E-state index contributed by atoms with van der Waals surface area (Å²) in [6, 6.07) is 6.77. The first-order valence-electron chi connectivity index (χ1n) is 7.33. The Hall–Kier alpha value is -1.62. The minimum atomic E-state index is -0.289. The minimum absolute atomic E-state index is 0.123. The second-order valence-electron chi connectivity index (χ2n) is 6.06. The largest absolute Gasteiger partial charge is 0.409 e. The molecular formula is C16H26FN3O. The van der Waals surface area contributed by atoms with E-state index in [1.54, 1.807) is 12.1 Å². The molecule has 0 fully saturated rings. The van der Waals surface area contributed by atoms with E-state index < -0.39 is 0 Å². The predicted octanol–water partition coefficient (Wildman–Crippen LogP) is 3.42. The molecule has 1 rings (SSSR count). The van der Waals surface area contributed by atoms with E-state index in [0.717, 1.165) is 31.4 Å². The molecule has 0 saturated carbocycles. The highest BCUT2D eigenvalue weighted by atomic mass is 19.1. The summed E-state index contributed by atoms with van der Waals surface area (Å²) in [6.45, 7) is 6.80. The summed E-state index contributed by atoms with van der Waals surface area (Å²) in [7, 11) is 0. The first-order chi connectivity index (χ1) is 9.86. The molecule has 1 aromatic rings. The number of nitrogens with one attached hydrogen (secondary N) is 1.